The third kappa shape index (κ3) is 1.81. The number of ether oxygens (including phenoxy) is 1. The molecule has 0 bridgehead atoms. The number of hydrogen-bond acceptors (Lipinski definition) is 4. The van der Waals surface area contributed by atoms with Crippen molar-refractivity contribution in [1.29, 1.82) is 0 Å². The molecule has 1 N–H and O–H groups in total. The van der Waals surface area contributed by atoms with Gasteiger partial charge in [0, 0.05) is 19.7 Å². The Hall–Kier alpha value is -2.18. The van der Waals surface area contributed by atoms with Crippen LogP contribution in [0.25, 0.3) is 5.57 Å². The van der Waals surface area contributed by atoms with E-state index in [-0.39, 0.29) is 6.61 Å². The Morgan fingerprint density at radius 2 is 1.86 bits per heavy atom. The third-order valence-electron chi connectivity index (χ3n) is 4.30. The molecule has 6 heteroatoms. The van der Waals surface area contributed by atoms with Gasteiger partial charge in [-0.15, -0.1) is 0 Å². The van der Waals surface area contributed by atoms with E-state index in [0.717, 1.165) is 20.9 Å². The largest absolute Gasteiger partial charge is 0.370 e. The molecule has 2 heterocycles. The molecule has 6 nitrogen and oxygen atoms in total. The number of rotatable bonds is 1. The molecular weight excluding hydrogens is 284 g/mol. The number of hydrogen-bond donors (Lipinski definition) is 1. The zero-order chi connectivity index (χ0) is 16.1. The van der Waals surface area contributed by atoms with Crippen LogP contribution in [0.4, 0.5) is 4.79 Å². The highest BCUT2D eigenvalue weighted by Crippen LogP contribution is 2.42. The zero-order valence-electron chi connectivity index (χ0n) is 12.7. The van der Waals surface area contributed by atoms with Gasteiger partial charge in [-0.1, -0.05) is 35.9 Å². The molecule has 1 spiro atoms. The van der Waals surface area contributed by atoms with E-state index in [4.69, 9.17) is 4.74 Å². The maximum absolute atomic E-state index is 12.7. The Morgan fingerprint density at radius 1 is 1.23 bits per heavy atom. The number of imide groups is 1. The smallest absolute Gasteiger partial charge is 0.328 e. The number of aliphatic hydroxyl groups is 1. The van der Waals surface area contributed by atoms with Crippen LogP contribution in [0.15, 0.2) is 30.3 Å². The van der Waals surface area contributed by atoms with Gasteiger partial charge in [-0.3, -0.25) is 14.6 Å². The molecule has 2 aliphatic rings. The summed E-state index contributed by atoms with van der Waals surface area (Å²) in [4.78, 5) is 26.8. The highest BCUT2D eigenvalue weighted by Gasteiger charge is 2.60. The summed E-state index contributed by atoms with van der Waals surface area (Å²) < 4.78 is 5.66. The minimum atomic E-state index is -1.56. The number of aliphatic hydroxyl groups excluding tert-OH is 1. The van der Waals surface area contributed by atoms with Crippen LogP contribution in [0, 0.1) is 6.92 Å². The predicted molar refractivity (Wildman–Crippen MR) is 79.8 cm³/mol. The van der Waals surface area contributed by atoms with E-state index >= 15 is 0 Å². The molecule has 0 radical (unpaired) electrons. The summed E-state index contributed by atoms with van der Waals surface area (Å²) in [6.07, 6.45) is 0.419. The SMILES string of the molecule is Cc1ccc(C2=CCOC23C(=O)N(C)C(=O)N(C)C3O)cc1. The number of likely N-dealkylation sites (N-methyl/N-ethyl adjacent to an activating group) is 2. The second-order valence-corrected chi connectivity index (χ2v) is 5.66. The van der Waals surface area contributed by atoms with Crippen molar-refractivity contribution in [2.24, 2.45) is 0 Å². The lowest BCUT2D eigenvalue weighted by molar-refractivity contribution is -0.176. The van der Waals surface area contributed by atoms with E-state index in [2.05, 4.69) is 0 Å². The van der Waals surface area contributed by atoms with Crippen LogP contribution in [0.2, 0.25) is 0 Å². The lowest BCUT2D eigenvalue weighted by atomic mass is 9.84. The standard InChI is InChI=1S/C16H18N2O4/c1-10-4-6-11(7-5-10)12-8-9-22-16(12)13(19)17(2)15(21)18(3)14(16)20/h4-8,13,19H,9H2,1-3H3. The topological polar surface area (TPSA) is 70.1 Å². The molecular formula is C16H18N2O4. The van der Waals surface area contributed by atoms with Crippen molar-refractivity contribution in [1.82, 2.24) is 9.80 Å². The van der Waals surface area contributed by atoms with Crippen molar-refractivity contribution in [3.63, 3.8) is 0 Å². The number of carbonyl (C=O) groups is 2. The van der Waals surface area contributed by atoms with Crippen LogP contribution in [0.5, 0.6) is 0 Å². The normalized spacial score (nSPS) is 28.5. The predicted octanol–water partition coefficient (Wildman–Crippen LogP) is 0.990. The maximum Gasteiger partial charge on any atom is 0.328 e. The summed E-state index contributed by atoms with van der Waals surface area (Å²) in [6.45, 7) is 2.18. The highest BCUT2D eigenvalue weighted by atomic mass is 16.5. The number of carbonyl (C=O) groups excluding carboxylic acids is 2. The van der Waals surface area contributed by atoms with Crippen LogP contribution in [0.3, 0.4) is 0 Å². The fourth-order valence-corrected chi connectivity index (χ4v) is 3.00. The molecule has 22 heavy (non-hydrogen) atoms. The van der Waals surface area contributed by atoms with Crippen LogP contribution in [-0.4, -0.2) is 59.4 Å². The first-order valence-corrected chi connectivity index (χ1v) is 7.04. The number of amides is 3. The minimum Gasteiger partial charge on any atom is -0.370 e. The summed E-state index contributed by atoms with van der Waals surface area (Å²) >= 11 is 0. The van der Waals surface area contributed by atoms with Gasteiger partial charge >= 0.3 is 6.03 Å². The summed E-state index contributed by atoms with van der Waals surface area (Å²) in [5.41, 5.74) is 0.923. The van der Waals surface area contributed by atoms with Gasteiger partial charge in [0.2, 0.25) is 5.60 Å². The van der Waals surface area contributed by atoms with Crippen LogP contribution in [0.1, 0.15) is 11.1 Å². The van der Waals surface area contributed by atoms with E-state index in [1.54, 1.807) is 6.08 Å². The summed E-state index contributed by atoms with van der Waals surface area (Å²) in [7, 11) is 2.84. The molecule has 0 aromatic heterocycles. The Bertz CT molecular complexity index is 667. The van der Waals surface area contributed by atoms with Gasteiger partial charge in [0.15, 0.2) is 6.23 Å². The van der Waals surface area contributed by atoms with E-state index in [1.165, 1.54) is 14.1 Å². The van der Waals surface area contributed by atoms with E-state index < -0.39 is 23.8 Å². The zero-order valence-corrected chi connectivity index (χ0v) is 12.7. The number of aryl methyl sites for hydroxylation is 1. The van der Waals surface area contributed by atoms with Crippen molar-refractivity contribution in [2.75, 3.05) is 20.7 Å². The molecule has 1 aromatic carbocycles. The molecule has 0 aliphatic carbocycles. The summed E-state index contributed by atoms with van der Waals surface area (Å²) in [5.74, 6) is -0.549. The van der Waals surface area contributed by atoms with E-state index in [9.17, 15) is 14.7 Å². The molecule has 2 aliphatic heterocycles. The van der Waals surface area contributed by atoms with Crippen molar-refractivity contribution < 1.29 is 19.4 Å². The van der Waals surface area contributed by atoms with E-state index in [1.807, 2.05) is 31.2 Å². The molecule has 3 amide bonds. The number of benzene rings is 1. The lowest BCUT2D eigenvalue weighted by Crippen LogP contribution is -2.69. The first-order valence-electron chi connectivity index (χ1n) is 7.04. The number of nitrogens with zero attached hydrogens (tertiary/aromatic N) is 2. The van der Waals surface area contributed by atoms with Crippen molar-refractivity contribution in [3.05, 3.63) is 41.5 Å². The average Bonchev–Trinajstić information content (AvgIpc) is 2.96. The van der Waals surface area contributed by atoms with Gasteiger partial charge < -0.3 is 9.84 Å². The van der Waals surface area contributed by atoms with Crippen LogP contribution >= 0.6 is 0 Å². The highest BCUT2D eigenvalue weighted by molar-refractivity contribution is 6.09. The van der Waals surface area contributed by atoms with Gasteiger partial charge in [0.1, 0.15) is 0 Å². The molecule has 1 fully saturated rings. The summed E-state index contributed by atoms with van der Waals surface area (Å²) in [5, 5.41) is 10.6. The maximum atomic E-state index is 12.7. The quantitative estimate of drug-likeness (QED) is 0.840. The van der Waals surface area contributed by atoms with Crippen LogP contribution in [-0.2, 0) is 9.53 Å². The van der Waals surface area contributed by atoms with E-state index in [0.29, 0.717) is 5.57 Å². The molecule has 116 valence electrons. The van der Waals surface area contributed by atoms with Gasteiger partial charge in [-0.2, -0.15) is 0 Å². The van der Waals surface area contributed by atoms with Gasteiger partial charge in [0.25, 0.3) is 5.91 Å². The number of urea groups is 1. The first kappa shape index (κ1) is 14.7. The van der Waals surface area contributed by atoms with Gasteiger partial charge in [-0.05, 0) is 12.5 Å². The monoisotopic (exact) mass is 302 g/mol. The lowest BCUT2D eigenvalue weighted by Gasteiger charge is -2.45. The van der Waals surface area contributed by atoms with Gasteiger partial charge in [-0.25, -0.2) is 4.79 Å². The fourth-order valence-electron chi connectivity index (χ4n) is 3.00. The van der Waals surface area contributed by atoms with Crippen LogP contribution < -0.4 is 0 Å². The van der Waals surface area contributed by atoms with Crippen molar-refractivity contribution in [2.45, 2.75) is 18.8 Å². The molecule has 2 atom stereocenters. The Balaban J connectivity index is 2.11. The van der Waals surface area contributed by atoms with Crippen molar-refractivity contribution in [3.8, 4) is 0 Å². The first-order chi connectivity index (χ1) is 10.4. The second kappa shape index (κ2) is 4.93. The molecule has 0 saturated carbocycles. The average molecular weight is 302 g/mol. The third-order valence-corrected chi connectivity index (χ3v) is 4.30. The Labute approximate surface area is 128 Å². The summed E-state index contributed by atoms with van der Waals surface area (Å²) in [6, 6.07) is 7.07. The second-order valence-electron chi connectivity index (χ2n) is 5.66. The molecule has 1 saturated heterocycles. The Morgan fingerprint density at radius 3 is 2.50 bits per heavy atom. The van der Waals surface area contributed by atoms with Gasteiger partial charge in [0.05, 0.1) is 6.61 Å². The molecule has 3 rings (SSSR count). The molecule has 1 aromatic rings. The Kier molecular flexibility index (Phi) is 3.30. The van der Waals surface area contributed by atoms with Crippen molar-refractivity contribution >= 4 is 17.5 Å². The molecule has 2 unspecified atom stereocenters. The fraction of sp³-hybridized carbons (Fsp3) is 0.375. The minimum absolute atomic E-state index is 0.210.